The van der Waals surface area contributed by atoms with Crippen molar-refractivity contribution in [2.45, 2.75) is 52.1 Å². The second-order valence-electron chi connectivity index (χ2n) is 6.24. The SMILES string of the molecule is CC(=O)Nc1nc(=O)c(C2OC(COC(C)=O)C(OC(C)=O)C2OC(C)=O)c[nH]1. The molecule has 1 aromatic rings. The van der Waals surface area contributed by atoms with Crippen molar-refractivity contribution in [3.8, 4) is 0 Å². The third kappa shape index (κ3) is 5.85. The van der Waals surface area contributed by atoms with Gasteiger partial charge in [0.1, 0.15) is 18.8 Å². The third-order valence-electron chi connectivity index (χ3n) is 3.79. The number of aromatic nitrogens is 2. The van der Waals surface area contributed by atoms with Crippen molar-refractivity contribution in [1.82, 2.24) is 9.97 Å². The highest BCUT2D eigenvalue weighted by Gasteiger charge is 2.51. The van der Waals surface area contributed by atoms with Crippen molar-refractivity contribution < 1.29 is 38.1 Å². The van der Waals surface area contributed by atoms with E-state index < -0.39 is 53.8 Å². The lowest BCUT2D eigenvalue weighted by Gasteiger charge is -2.23. The van der Waals surface area contributed by atoms with Crippen molar-refractivity contribution in [2.24, 2.45) is 0 Å². The van der Waals surface area contributed by atoms with Crippen LogP contribution in [-0.2, 0) is 38.1 Å². The first-order valence-corrected chi connectivity index (χ1v) is 8.59. The predicted octanol–water partition coefficient (Wildman–Crippen LogP) is -0.405. The summed E-state index contributed by atoms with van der Waals surface area (Å²) in [6, 6.07) is 0. The Hall–Kier alpha value is -3.28. The number of ether oxygens (including phenoxy) is 4. The van der Waals surface area contributed by atoms with Gasteiger partial charge in [0, 0.05) is 33.9 Å². The van der Waals surface area contributed by atoms with Crippen molar-refractivity contribution in [2.75, 3.05) is 11.9 Å². The number of amides is 1. The van der Waals surface area contributed by atoms with Crippen LogP contribution in [-0.4, -0.2) is 58.7 Å². The number of carbonyl (C=O) groups excluding carboxylic acids is 4. The summed E-state index contributed by atoms with van der Waals surface area (Å²) < 4.78 is 21.1. The summed E-state index contributed by atoms with van der Waals surface area (Å²) in [4.78, 5) is 64.1. The number of anilines is 1. The predicted molar refractivity (Wildman–Crippen MR) is 94.5 cm³/mol. The van der Waals surface area contributed by atoms with Gasteiger partial charge >= 0.3 is 17.9 Å². The van der Waals surface area contributed by atoms with Gasteiger partial charge < -0.3 is 23.9 Å². The summed E-state index contributed by atoms with van der Waals surface area (Å²) in [7, 11) is 0. The second-order valence-corrected chi connectivity index (χ2v) is 6.24. The zero-order valence-electron chi connectivity index (χ0n) is 16.2. The molecule has 0 aliphatic carbocycles. The molecule has 1 aliphatic rings. The highest BCUT2D eigenvalue weighted by atomic mass is 16.6. The Balaban J connectivity index is 2.40. The molecule has 0 spiro atoms. The lowest BCUT2D eigenvalue weighted by molar-refractivity contribution is -0.165. The number of nitrogens with zero attached hydrogens (tertiary/aromatic N) is 1. The summed E-state index contributed by atoms with van der Waals surface area (Å²) in [6.07, 6.45) is -3.24. The van der Waals surface area contributed by atoms with E-state index in [4.69, 9.17) is 18.9 Å². The van der Waals surface area contributed by atoms with Gasteiger partial charge in [-0.2, -0.15) is 4.98 Å². The van der Waals surface area contributed by atoms with E-state index in [0.29, 0.717) is 0 Å². The van der Waals surface area contributed by atoms with Gasteiger partial charge in [-0.1, -0.05) is 0 Å². The fraction of sp³-hybridized carbons (Fsp3) is 0.529. The van der Waals surface area contributed by atoms with Crippen LogP contribution in [0.4, 0.5) is 5.95 Å². The molecule has 1 fully saturated rings. The van der Waals surface area contributed by atoms with Crippen LogP contribution in [0.15, 0.2) is 11.0 Å². The molecule has 1 aromatic heterocycles. The van der Waals surface area contributed by atoms with E-state index in [1.54, 1.807) is 0 Å². The number of aromatic amines is 1. The summed E-state index contributed by atoms with van der Waals surface area (Å²) in [5.41, 5.74) is -0.794. The number of rotatable bonds is 6. The zero-order valence-corrected chi connectivity index (χ0v) is 16.2. The molecular formula is C17H21N3O9. The molecule has 2 rings (SSSR count). The molecule has 1 saturated heterocycles. The molecular weight excluding hydrogens is 390 g/mol. The Bertz CT molecular complexity index is 866. The smallest absolute Gasteiger partial charge is 0.303 e. The van der Waals surface area contributed by atoms with E-state index in [-0.39, 0.29) is 18.1 Å². The van der Waals surface area contributed by atoms with Crippen LogP contribution in [0.25, 0.3) is 0 Å². The molecule has 12 heteroatoms. The molecule has 1 aliphatic heterocycles. The van der Waals surface area contributed by atoms with Gasteiger partial charge in [0.15, 0.2) is 12.2 Å². The molecule has 0 radical (unpaired) electrons. The lowest BCUT2D eigenvalue weighted by atomic mass is 10.0. The normalized spacial score (nSPS) is 23.2. The molecule has 0 bridgehead atoms. The van der Waals surface area contributed by atoms with Gasteiger partial charge in [-0.3, -0.25) is 29.3 Å². The monoisotopic (exact) mass is 411 g/mol. The maximum atomic E-state index is 12.4. The number of hydrogen-bond donors (Lipinski definition) is 2. The summed E-state index contributed by atoms with van der Waals surface area (Å²) in [6.45, 7) is 4.43. The average molecular weight is 411 g/mol. The lowest BCUT2D eigenvalue weighted by Crippen LogP contribution is -2.40. The van der Waals surface area contributed by atoms with Gasteiger partial charge in [-0.25, -0.2) is 0 Å². The van der Waals surface area contributed by atoms with E-state index in [1.165, 1.54) is 20.0 Å². The molecule has 1 amide bonds. The van der Waals surface area contributed by atoms with Gasteiger partial charge in [-0.15, -0.1) is 0 Å². The zero-order chi connectivity index (χ0) is 21.7. The summed E-state index contributed by atoms with van der Waals surface area (Å²) in [5, 5.41) is 2.32. The molecule has 4 atom stereocenters. The maximum absolute atomic E-state index is 12.4. The highest BCUT2D eigenvalue weighted by molar-refractivity contribution is 5.86. The number of nitrogens with one attached hydrogen (secondary N) is 2. The minimum absolute atomic E-state index is 0.0344. The Labute approximate surface area is 164 Å². The first-order chi connectivity index (χ1) is 13.6. The van der Waals surface area contributed by atoms with Gasteiger partial charge in [0.25, 0.3) is 5.56 Å². The van der Waals surface area contributed by atoms with Crippen LogP contribution in [0.1, 0.15) is 39.4 Å². The van der Waals surface area contributed by atoms with E-state index >= 15 is 0 Å². The summed E-state index contributed by atoms with van der Waals surface area (Å²) in [5.74, 6) is -2.50. The molecule has 0 saturated carbocycles. The second kappa shape index (κ2) is 9.28. The Morgan fingerprint density at radius 2 is 1.69 bits per heavy atom. The van der Waals surface area contributed by atoms with Gasteiger partial charge in [0.05, 0.1) is 5.56 Å². The third-order valence-corrected chi connectivity index (χ3v) is 3.79. The fourth-order valence-electron chi connectivity index (χ4n) is 2.81. The minimum Gasteiger partial charge on any atom is -0.463 e. The number of hydrogen-bond acceptors (Lipinski definition) is 10. The van der Waals surface area contributed by atoms with Crippen LogP contribution in [0.2, 0.25) is 0 Å². The van der Waals surface area contributed by atoms with Crippen LogP contribution in [0, 0.1) is 0 Å². The molecule has 29 heavy (non-hydrogen) atoms. The minimum atomic E-state index is -1.19. The molecule has 0 aromatic carbocycles. The van der Waals surface area contributed by atoms with E-state index in [2.05, 4.69) is 15.3 Å². The number of esters is 3. The van der Waals surface area contributed by atoms with Crippen molar-refractivity contribution in [3.05, 3.63) is 22.1 Å². The van der Waals surface area contributed by atoms with Gasteiger partial charge in [-0.05, 0) is 0 Å². The van der Waals surface area contributed by atoms with Crippen LogP contribution in [0.5, 0.6) is 0 Å². The average Bonchev–Trinajstić information content (AvgIpc) is 2.89. The highest BCUT2D eigenvalue weighted by Crippen LogP contribution is 2.36. The van der Waals surface area contributed by atoms with E-state index in [9.17, 15) is 24.0 Å². The number of carbonyl (C=O) groups is 4. The van der Waals surface area contributed by atoms with E-state index in [1.807, 2.05) is 0 Å². The first kappa shape index (κ1) is 22.0. The Kier molecular flexibility index (Phi) is 7.04. The summed E-state index contributed by atoms with van der Waals surface area (Å²) >= 11 is 0. The standard InChI is InChI=1S/C17H21N3O9/c1-7(21)19-17-18-5-11(16(25)20-17)13-15(28-10(4)24)14(27-9(3)23)12(29-13)6-26-8(2)22/h5,12-15H,6H2,1-4H3,(H2,18,19,20,21,25). The Morgan fingerprint density at radius 3 is 2.21 bits per heavy atom. The molecule has 4 unspecified atom stereocenters. The fourth-order valence-corrected chi connectivity index (χ4v) is 2.81. The van der Waals surface area contributed by atoms with Crippen LogP contribution < -0.4 is 10.9 Å². The first-order valence-electron chi connectivity index (χ1n) is 8.59. The quantitative estimate of drug-likeness (QED) is 0.465. The molecule has 2 heterocycles. The maximum Gasteiger partial charge on any atom is 0.303 e. The topological polar surface area (TPSA) is 163 Å². The Morgan fingerprint density at radius 1 is 1.07 bits per heavy atom. The molecule has 2 N–H and O–H groups in total. The number of H-pyrrole nitrogens is 1. The van der Waals surface area contributed by atoms with Crippen molar-refractivity contribution >= 4 is 29.8 Å². The largest absolute Gasteiger partial charge is 0.463 e. The molecule has 12 nitrogen and oxygen atoms in total. The van der Waals surface area contributed by atoms with E-state index in [0.717, 1.165) is 13.8 Å². The molecule has 158 valence electrons. The van der Waals surface area contributed by atoms with Crippen LogP contribution in [0.3, 0.4) is 0 Å². The van der Waals surface area contributed by atoms with Gasteiger partial charge in [0.2, 0.25) is 11.9 Å². The van der Waals surface area contributed by atoms with Crippen molar-refractivity contribution in [1.29, 1.82) is 0 Å². The van der Waals surface area contributed by atoms with Crippen molar-refractivity contribution in [3.63, 3.8) is 0 Å². The van der Waals surface area contributed by atoms with Crippen LogP contribution >= 0.6 is 0 Å².